The maximum absolute atomic E-state index is 13.1. The maximum atomic E-state index is 13.1. The molecule has 5 rings (SSSR count). The second kappa shape index (κ2) is 7.27. The molecule has 1 aliphatic carbocycles. The normalized spacial score (nSPS) is 21.1. The SMILES string of the molecule is O=C(CN1C(=O)N[C@]2(CCCc3sccc32)C1=O)NC(=O)Nc1ccc2c(c1)OCO2. The summed E-state index contributed by atoms with van der Waals surface area (Å²) in [5, 5.41) is 9.31. The van der Waals surface area contributed by atoms with E-state index in [1.807, 2.05) is 11.4 Å². The van der Waals surface area contributed by atoms with Crippen molar-refractivity contribution in [2.75, 3.05) is 18.7 Å². The summed E-state index contributed by atoms with van der Waals surface area (Å²) in [5.74, 6) is -0.205. The lowest BCUT2D eigenvalue weighted by molar-refractivity contribution is -0.135. The van der Waals surface area contributed by atoms with E-state index in [4.69, 9.17) is 9.47 Å². The van der Waals surface area contributed by atoms with Crippen LogP contribution < -0.4 is 25.4 Å². The second-order valence-corrected chi connectivity index (χ2v) is 8.41. The van der Waals surface area contributed by atoms with Crippen molar-refractivity contribution in [3.63, 3.8) is 0 Å². The number of carbonyl (C=O) groups excluding carboxylic acids is 4. The molecule has 11 heteroatoms. The number of fused-ring (bicyclic) bond motifs is 3. The van der Waals surface area contributed by atoms with Gasteiger partial charge in [-0.3, -0.25) is 19.8 Å². The lowest BCUT2D eigenvalue weighted by atomic mass is 9.80. The zero-order valence-electron chi connectivity index (χ0n) is 16.2. The fraction of sp³-hybridized carbons (Fsp3) is 0.300. The number of urea groups is 2. The number of ether oxygens (including phenoxy) is 2. The van der Waals surface area contributed by atoms with E-state index in [1.165, 1.54) is 0 Å². The Morgan fingerprint density at radius 2 is 2.03 bits per heavy atom. The average Bonchev–Trinajstić information content (AvgIpc) is 3.44. The number of nitrogens with one attached hydrogen (secondary N) is 3. The average molecular weight is 442 g/mol. The molecule has 1 aromatic carbocycles. The van der Waals surface area contributed by atoms with E-state index in [-0.39, 0.29) is 6.79 Å². The first-order valence-electron chi connectivity index (χ1n) is 9.68. The minimum Gasteiger partial charge on any atom is -0.454 e. The van der Waals surface area contributed by atoms with Gasteiger partial charge >= 0.3 is 12.1 Å². The highest BCUT2D eigenvalue weighted by atomic mass is 32.1. The van der Waals surface area contributed by atoms with E-state index >= 15 is 0 Å². The van der Waals surface area contributed by atoms with Gasteiger partial charge in [0.15, 0.2) is 11.5 Å². The first kappa shape index (κ1) is 19.4. The summed E-state index contributed by atoms with van der Waals surface area (Å²) in [7, 11) is 0. The van der Waals surface area contributed by atoms with Crippen LogP contribution in [0.5, 0.6) is 11.5 Å². The van der Waals surface area contributed by atoms with Gasteiger partial charge in [0.05, 0.1) is 0 Å². The van der Waals surface area contributed by atoms with Crippen LogP contribution in [-0.2, 0) is 21.5 Å². The summed E-state index contributed by atoms with van der Waals surface area (Å²) >= 11 is 1.55. The van der Waals surface area contributed by atoms with Crippen molar-refractivity contribution < 1.29 is 28.7 Å². The van der Waals surface area contributed by atoms with Crippen LogP contribution in [0.2, 0.25) is 0 Å². The number of anilines is 1. The van der Waals surface area contributed by atoms with Crippen LogP contribution in [0.15, 0.2) is 29.6 Å². The quantitative estimate of drug-likeness (QED) is 0.624. The minimum absolute atomic E-state index is 0.101. The Balaban J connectivity index is 1.23. The number of rotatable bonds is 3. The maximum Gasteiger partial charge on any atom is 0.325 e. The van der Waals surface area contributed by atoms with Crippen LogP contribution in [0.3, 0.4) is 0 Å². The Morgan fingerprint density at radius 3 is 2.90 bits per heavy atom. The molecule has 6 amide bonds. The molecule has 3 heterocycles. The van der Waals surface area contributed by atoms with Crippen molar-refractivity contribution in [2.24, 2.45) is 0 Å². The number of carbonyl (C=O) groups is 4. The summed E-state index contributed by atoms with van der Waals surface area (Å²) in [6.45, 7) is -0.454. The number of amides is 6. The molecule has 1 aromatic heterocycles. The monoisotopic (exact) mass is 442 g/mol. The van der Waals surface area contributed by atoms with Crippen molar-refractivity contribution in [3.05, 3.63) is 40.1 Å². The Morgan fingerprint density at radius 1 is 1.19 bits per heavy atom. The lowest BCUT2D eigenvalue weighted by Gasteiger charge is -2.31. The number of aryl methyl sites for hydroxylation is 1. The third kappa shape index (κ3) is 3.26. The summed E-state index contributed by atoms with van der Waals surface area (Å²) in [5.41, 5.74) is 0.0703. The molecule has 3 N–H and O–H groups in total. The van der Waals surface area contributed by atoms with Crippen LogP contribution in [0.1, 0.15) is 23.3 Å². The summed E-state index contributed by atoms with van der Waals surface area (Å²) in [4.78, 5) is 52.1. The number of hydrogen-bond acceptors (Lipinski definition) is 7. The van der Waals surface area contributed by atoms with E-state index in [9.17, 15) is 19.2 Å². The molecule has 0 radical (unpaired) electrons. The van der Waals surface area contributed by atoms with Crippen LogP contribution in [0.25, 0.3) is 0 Å². The van der Waals surface area contributed by atoms with Crippen molar-refractivity contribution in [1.29, 1.82) is 0 Å². The van der Waals surface area contributed by atoms with Crippen molar-refractivity contribution in [1.82, 2.24) is 15.5 Å². The van der Waals surface area contributed by atoms with Gasteiger partial charge in [0.25, 0.3) is 5.91 Å². The molecule has 3 aliphatic rings. The van der Waals surface area contributed by atoms with Crippen LogP contribution >= 0.6 is 11.3 Å². The third-order valence-corrected chi connectivity index (χ3v) is 6.50. The fourth-order valence-corrected chi connectivity index (χ4v) is 5.13. The fourth-order valence-electron chi connectivity index (χ4n) is 4.13. The largest absolute Gasteiger partial charge is 0.454 e. The zero-order valence-corrected chi connectivity index (χ0v) is 17.0. The molecule has 1 fully saturated rings. The lowest BCUT2D eigenvalue weighted by Crippen LogP contribution is -2.47. The van der Waals surface area contributed by atoms with Crippen LogP contribution in [-0.4, -0.2) is 42.1 Å². The molecule has 2 aliphatic heterocycles. The molecule has 0 bridgehead atoms. The van der Waals surface area contributed by atoms with Gasteiger partial charge in [0.2, 0.25) is 12.7 Å². The smallest absolute Gasteiger partial charge is 0.325 e. The van der Waals surface area contributed by atoms with Gasteiger partial charge in [-0.05, 0) is 42.8 Å². The molecule has 1 atom stereocenters. The highest BCUT2D eigenvalue weighted by Gasteiger charge is 2.54. The van der Waals surface area contributed by atoms with Crippen molar-refractivity contribution >= 4 is 40.9 Å². The van der Waals surface area contributed by atoms with E-state index in [2.05, 4.69) is 16.0 Å². The topological polar surface area (TPSA) is 126 Å². The summed E-state index contributed by atoms with van der Waals surface area (Å²) < 4.78 is 10.4. The Hall–Kier alpha value is -3.60. The molecule has 0 saturated carbocycles. The molecule has 1 saturated heterocycles. The molecule has 0 unspecified atom stereocenters. The summed E-state index contributed by atoms with van der Waals surface area (Å²) in [6, 6.07) is 5.21. The molecule has 160 valence electrons. The van der Waals surface area contributed by atoms with Crippen molar-refractivity contribution in [2.45, 2.75) is 24.8 Å². The zero-order chi connectivity index (χ0) is 21.6. The molecular weight excluding hydrogens is 424 g/mol. The molecular formula is C20H18N4O6S. The van der Waals surface area contributed by atoms with Crippen LogP contribution in [0.4, 0.5) is 15.3 Å². The number of nitrogens with zero attached hydrogens (tertiary/aromatic N) is 1. The predicted molar refractivity (Wildman–Crippen MR) is 109 cm³/mol. The van der Waals surface area contributed by atoms with Crippen molar-refractivity contribution in [3.8, 4) is 11.5 Å². The highest BCUT2D eigenvalue weighted by molar-refractivity contribution is 7.10. The first-order chi connectivity index (χ1) is 15.0. The number of imide groups is 2. The van der Waals surface area contributed by atoms with Gasteiger partial charge < -0.3 is 20.1 Å². The molecule has 10 nitrogen and oxygen atoms in total. The van der Waals surface area contributed by atoms with Gasteiger partial charge in [0.1, 0.15) is 12.1 Å². The minimum atomic E-state index is -1.13. The van der Waals surface area contributed by atoms with Gasteiger partial charge in [-0.1, -0.05) is 0 Å². The number of hydrogen-bond donors (Lipinski definition) is 3. The van der Waals surface area contributed by atoms with E-state index in [0.717, 1.165) is 28.2 Å². The van der Waals surface area contributed by atoms with Gasteiger partial charge in [-0.25, -0.2) is 9.59 Å². The Bertz CT molecular complexity index is 1110. The molecule has 31 heavy (non-hydrogen) atoms. The van der Waals surface area contributed by atoms with E-state index < -0.39 is 36.0 Å². The van der Waals surface area contributed by atoms with Gasteiger partial charge in [-0.2, -0.15) is 0 Å². The first-order valence-corrected chi connectivity index (χ1v) is 10.6. The highest BCUT2D eigenvalue weighted by Crippen LogP contribution is 2.42. The Labute approximate surface area is 180 Å². The predicted octanol–water partition coefficient (Wildman–Crippen LogP) is 1.91. The summed E-state index contributed by atoms with van der Waals surface area (Å²) in [6.07, 6.45) is 2.10. The van der Waals surface area contributed by atoms with E-state index in [0.29, 0.717) is 23.6 Å². The molecule has 2 aromatic rings. The van der Waals surface area contributed by atoms with Gasteiger partial charge in [0, 0.05) is 22.2 Å². The standard InChI is InChI=1S/C20H18N4O6S/c25-16(22-18(27)21-11-3-4-13-14(8-11)30-10-29-13)9-24-17(26)20(23-19(24)28)6-1-2-15-12(20)5-7-31-15/h3-5,7-8H,1-2,6,9-10H2,(H,23,28)(H2,21,22,25,27)/t20-/m0/s1. The second-order valence-electron chi connectivity index (χ2n) is 7.41. The third-order valence-electron chi connectivity index (χ3n) is 5.52. The van der Waals surface area contributed by atoms with Crippen LogP contribution in [0, 0.1) is 0 Å². The number of thiophene rings is 1. The van der Waals surface area contributed by atoms with E-state index in [1.54, 1.807) is 29.5 Å². The van der Waals surface area contributed by atoms with Gasteiger partial charge in [-0.15, -0.1) is 11.3 Å². The number of benzene rings is 1. The Kier molecular flexibility index (Phi) is 4.54. The molecule has 1 spiro atoms.